The summed E-state index contributed by atoms with van der Waals surface area (Å²) in [6.07, 6.45) is 6.41. The number of rotatable bonds is 6. The monoisotopic (exact) mass is 287 g/mol. The number of benzene rings is 1. The van der Waals surface area contributed by atoms with E-state index in [9.17, 15) is 14.7 Å². The van der Waals surface area contributed by atoms with Gasteiger partial charge in [-0.25, -0.2) is 4.79 Å². The SMILES string of the molecule is O=C(Cc1ccc2c(c1)CCC2)NC(CC1CC1)C(=O)O. The van der Waals surface area contributed by atoms with Crippen molar-refractivity contribution in [3.05, 3.63) is 34.9 Å². The van der Waals surface area contributed by atoms with Gasteiger partial charge in [-0.2, -0.15) is 0 Å². The third-order valence-electron chi connectivity index (χ3n) is 4.43. The maximum atomic E-state index is 12.1. The van der Waals surface area contributed by atoms with Gasteiger partial charge in [0.15, 0.2) is 0 Å². The fourth-order valence-electron chi connectivity index (χ4n) is 3.07. The van der Waals surface area contributed by atoms with Crippen LogP contribution in [0.15, 0.2) is 18.2 Å². The normalized spacial score (nSPS) is 18.1. The maximum Gasteiger partial charge on any atom is 0.326 e. The van der Waals surface area contributed by atoms with Crippen molar-refractivity contribution in [3.8, 4) is 0 Å². The molecule has 1 amide bonds. The van der Waals surface area contributed by atoms with E-state index in [1.54, 1.807) is 0 Å². The summed E-state index contributed by atoms with van der Waals surface area (Å²) in [6.45, 7) is 0. The molecule has 3 rings (SSSR count). The highest BCUT2D eigenvalue weighted by atomic mass is 16.4. The molecule has 2 N–H and O–H groups in total. The molecule has 0 aliphatic heterocycles. The first kappa shape index (κ1) is 14.1. The van der Waals surface area contributed by atoms with Crippen LogP contribution in [0.5, 0.6) is 0 Å². The van der Waals surface area contributed by atoms with Crippen LogP contribution in [0.2, 0.25) is 0 Å². The Morgan fingerprint density at radius 1 is 1.24 bits per heavy atom. The quantitative estimate of drug-likeness (QED) is 0.842. The summed E-state index contributed by atoms with van der Waals surface area (Å²) in [6, 6.07) is 5.45. The lowest BCUT2D eigenvalue weighted by Crippen LogP contribution is -2.41. The second-order valence-corrected chi connectivity index (χ2v) is 6.27. The van der Waals surface area contributed by atoms with Crippen LogP contribution in [0.1, 0.15) is 42.4 Å². The number of nitrogens with one attached hydrogen (secondary N) is 1. The smallest absolute Gasteiger partial charge is 0.326 e. The second-order valence-electron chi connectivity index (χ2n) is 6.27. The molecule has 21 heavy (non-hydrogen) atoms. The molecule has 1 atom stereocenters. The molecule has 0 heterocycles. The Kier molecular flexibility index (Phi) is 3.95. The number of aliphatic carboxylic acids is 1. The fourth-order valence-corrected chi connectivity index (χ4v) is 3.07. The topological polar surface area (TPSA) is 66.4 Å². The lowest BCUT2D eigenvalue weighted by atomic mass is 10.0. The van der Waals surface area contributed by atoms with Crippen LogP contribution in [0.3, 0.4) is 0 Å². The van der Waals surface area contributed by atoms with Gasteiger partial charge in [0.1, 0.15) is 6.04 Å². The summed E-state index contributed by atoms with van der Waals surface area (Å²) in [5.41, 5.74) is 3.70. The Morgan fingerprint density at radius 2 is 2.00 bits per heavy atom. The standard InChI is InChI=1S/C17H21NO3/c19-16(18-15(17(20)21)9-11-4-5-11)10-12-6-7-13-2-1-3-14(13)8-12/h6-8,11,15H,1-5,9-10H2,(H,18,19)(H,20,21). The van der Waals surface area contributed by atoms with Crippen molar-refractivity contribution in [3.63, 3.8) is 0 Å². The third-order valence-corrected chi connectivity index (χ3v) is 4.43. The van der Waals surface area contributed by atoms with Crippen LogP contribution in [0.4, 0.5) is 0 Å². The van der Waals surface area contributed by atoms with Crippen molar-refractivity contribution in [1.82, 2.24) is 5.32 Å². The van der Waals surface area contributed by atoms with Crippen LogP contribution < -0.4 is 5.32 Å². The minimum absolute atomic E-state index is 0.194. The van der Waals surface area contributed by atoms with Gasteiger partial charge in [0.25, 0.3) is 0 Å². The summed E-state index contributed by atoms with van der Waals surface area (Å²) in [4.78, 5) is 23.2. The van der Waals surface area contributed by atoms with Gasteiger partial charge in [0.2, 0.25) is 5.91 Å². The molecule has 2 aliphatic rings. The molecule has 1 fully saturated rings. The average molecular weight is 287 g/mol. The van der Waals surface area contributed by atoms with E-state index in [1.165, 1.54) is 17.5 Å². The van der Waals surface area contributed by atoms with Crippen molar-refractivity contribution in [1.29, 1.82) is 0 Å². The number of amides is 1. The Labute approximate surface area is 124 Å². The minimum Gasteiger partial charge on any atom is -0.480 e. The van der Waals surface area contributed by atoms with E-state index in [2.05, 4.69) is 17.4 Å². The molecule has 0 spiro atoms. The summed E-state index contributed by atoms with van der Waals surface area (Å²) < 4.78 is 0. The van der Waals surface area contributed by atoms with Gasteiger partial charge in [0, 0.05) is 0 Å². The summed E-state index contributed by atoms with van der Waals surface area (Å²) in [5, 5.41) is 11.8. The Morgan fingerprint density at radius 3 is 2.71 bits per heavy atom. The molecule has 4 nitrogen and oxygen atoms in total. The van der Waals surface area contributed by atoms with Crippen molar-refractivity contribution in [2.24, 2.45) is 5.92 Å². The number of hydrogen-bond donors (Lipinski definition) is 2. The van der Waals surface area contributed by atoms with Gasteiger partial charge in [-0.05, 0) is 48.3 Å². The highest BCUT2D eigenvalue weighted by Gasteiger charge is 2.30. The molecule has 2 aliphatic carbocycles. The number of carboxylic acid groups (broad SMARTS) is 1. The van der Waals surface area contributed by atoms with E-state index in [1.807, 2.05) is 6.07 Å². The number of carboxylic acids is 1. The van der Waals surface area contributed by atoms with Gasteiger partial charge in [-0.1, -0.05) is 31.0 Å². The van der Waals surface area contributed by atoms with E-state index in [-0.39, 0.29) is 12.3 Å². The zero-order valence-electron chi connectivity index (χ0n) is 12.1. The first-order valence-corrected chi connectivity index (χ1v) is 7.74. The highest BCUT2D eigenvalue weighted by Crippen LogP contribution is 2.33. The van der Waals surface area contributed by atoms with Gasteiger partial charge in [0.05, 0.1) is 6.42 Å². The number of hydrogen-bond acceptors (Lipinski definition) is 2. The molecule has 4 heteroatoms. The zero-order chi connectivity index (χ0) is 14.8. The van der Waals surface area contributed by atoms with Crippen LogP contribution in [-0.4, -0.2) is 23.0 Å². The summed E-state index contributed by atoms with van der Waals surface area (Å²) >= 11 is 0. The predicted octanol–water partition coefficient (Wildman–Crippen LogP) is 2.09. The van der Waals surface area contributed by atoms with E-state index >= 15 is 0 Å². The summed E-state index contributed by atoms with van der Waals surface area (Å²) in [7, 11) is 0. The Balaban J connectivity index is 1.58. The lowest BCUT2D eigenvalue weighted by molar-refractivity contribution is -0.142. The molecule has 0 radical (unpaired) electrons. The van der Waals surface area contributed by atoms with Crippen molar-refractivity contribution < 1.29 is 14.7 Å². The highest BCUT2D eigenvalue weighted by molar-refractivity contribution is 5.84. The van der Waals surface area contributed by atoms with Crippen molar-refractivity contribution >= 4 is 11.9 Å². The largest absolute Gasteiger partial charge is 0.480 e. The van der Waals surface area contributed by atoms with E-state index in [0.29, 0.717) is 12.3 Å². The molecule has 1 aromatic rings. The van der Waals surface area contributed by atoms with E-state index < -0.39 is 12.0 Å². The van der Waals surface area contributed by atoms with Gasteiger partial charge < -0.3 is 10.4 Å². The molecule has 0 saturated heterocycles. The molecule has 112 valence electrons. The van der Waals surface area contributed by atoms with E-state index in [0.717, 1.165) is 31.2 Å². The first-order chi connectivity index (χ1) is 10.1. The minimum atomic E-state index is -0.927. The van der Waals surface area contributed by atoms with Crippen LogP contribution in [-0.2, 0) is 28.9 Å². The summed E-state index contributed by atoms with van der Waals surface area (Å²) in [5.74, 6) is -0.642. The van der Waals surface area contributed by atoms with Crippen molar-refractivity contribution in [2.75, 3.05) is 0 Å². The van der Waals surface area contributed by atoms with Crippen LogP contribution in [0, 0.1) is 5.92 Å². The number of carbonyl (C=O) groups is 2. The molecule has 0 aromatic heterocycles. The third kappa shape index (κ3) is 3.63. The Bertz CT molecular complexity index is 563. The molecular weight excluding hydrogens is 266 g/mol. The average Bonchev–Trinajstić information content (AvgIpc) is 3.13. The molecule has 1 unspecified atom stereocenters. The molecule has 1 aromatic carbocycles. The van der Waals surface area contributed by atoms with Crippen LogP contribution >= 0.6 is 0 Å². The van der Waals surface area contributed by atoms with E-state index in [4.69, 9.17) is 0 Å². The Hall–Kier alpha value is -1.84. The van der Waals surface area contributed by atoms with Gasteiger partial charge >= 0.3 is 5.97 Å². The molecule has 1 saturated carbocycles. The predicted molar refractivity (Wildman–Crippen MR) is 79.1 cm³/mol. The van der Waals surface area contributed by atoms with Crippen molar-refractivity contribution in [2.45, 2.75) is 51.0 Å². The van der Waals surface area contributed by atoms with Crippen LogP contribution in [0.25, 0.3) is 0 Å². The molecule has 0 bridgehead atoms. The zero-order valence-corrected chi connectivity index (χ0v) is 12.1. The lowest BCUT2D eigenvalue weighted by Gasteiger charge is -2.14. The maximum absolute atomic E-state index is 12.1. The number of aryl methyl sites for hydroxylation is 2. The van der Waals surface area contributed by atoms with Gasteiger partial charge in [-0.3, -0.25) is 4.79 Å². The molecular formula is C17H21NO3. The fraction of sp³-hybridized carbons (Fsp3) is 0.529. The number of fused-ring (bicyclic) bond motifs is 1. The first-order valence-electron chi connectivity index (χ1n) is 7.74. The van der Waals surface area contributed by atoms with Gasteiger partial charge in [-0.15, -0.1) is 0 Å². The number of carbonyl (C=O) groups excluding carboxylic acids is 1. The second kappa shape index (κ2) is 5.88.